The number of carbonyl (C=O) groups excluding carboxylic acids is 1. The van der Waals surface area contributed by atoms with Crippen LogP contribution in [0.25, 0.3) is 0 Å². The molecule has 0 radical (unpaired) electrons. The van der Waals surface area contributed by atoms with Crippen LogP contribution in [0.4, 0.5) is 19.3 Å². The molecule has 0 bridgehead atoms. The minimum Gasteiger partial charge on any atom is -0.444 e. The second-order valence-corrected chi connectivity index (χ2v) is 5.82. The van der Waals surface area contributed by atoms with E-state index < -0.39 is 23.3 Å². The normalized spacial score (nSPS) is 15.8. The summed E-state index contributed by atoms with van der Waals surface area (Å²) >= 11 is 0. The number of benzene rings is 1. The maximum absolute atomic E-state index is 13.4. The van der Waals surface area contributed by atoms with Crippen molar-refractivity contribution in [2.24, 2.45) is 0 Å². The van der Waals surface area contributed by atoms with E-state index in [1.54, 1.807) is 20.8 Å². The highest BCUT2D eigenvalue weighted by molar-refractivity contribution is 5.69. The van der Waals surface area contributed by atoms with Gasteiger partial charge in [0.25, 0.3) is 0 Å². The van der Waals surface area contributed by atoms with E-state index in [4.69, 9.17) is 4.74 Å². The maximum atomic E-state index is 13.4. The first-order valence-electron chi connectivity index (χ1n) is 6.45. The molecule has 1 heterocycles. The van der Waals surface area contributed by atoms with Gasteiger partial charge in [-0.3, -0.25) is 0 Å². The van der Waals surface area contributed by atoms with E-state index in [0.717, 1.165) is 0 Å². The number of hydrogen-bond donors (Lipinski definition) is 1. The number of nitrogens with zero attached hydrogens (tertiary/aromatic N) is 1. The van der Waals surface area contributed by atoms with Crippen molar-refractivity contribution in [2.45, 2.75) is 32.4 Å². The molecule has 1 aromatic carbocycles. The first kappa shape index (κ1) is 14.6. The molecule has 1 aromatic rings. The van der Waals surface area contributed by atoms with Crippen LogP contribution in [0.5, 0.6) is 0 Å². The van der Waals surface area contributed by atoms with E-state index in [-0.39, 0.29) is 11.7 Å². The van der Waals surface area contributed by atoms with Gasteiger partial charge in [0.15, 0.2) is 0 Å². The van der Waals surface area contributed by atoms with Crippen molar-refractivity contribution in [1.29, 1.82) is 0 Å². The Bertz CT molecular complexity index is 488. The molecule has 0 spiro atoms. The zero-order valence-electron chi connectivity index (χ0n) is 11.7. The fourth-order valence-corrected chi connectivity index (χ4v) is 1.89. The summed E-state index contributed by atoms with van der Waals surface area (Å²) in [5, 5.41) is 2.76. The predicted molar refractivity (Wildman–Crippen MR) is 71.6 cm³/mol. The molecule has 1 aliphatic rings. The maximum Gasteiger partial charge on any atom is 0.410 e. The quantitative estimate of drug-likeness (QED) is 0.907. The van der Waals surface area contributed by atoms with Crippen LogP contribution in [0, 0.1) is 11.6 Å². The van der Waals surface area contributed by atoms with Crippen molar-refractivity contribution in [3.05, 3.63) is 29.8 Å². The molecule has 110 valence electrons. The van der Waals surface area contributed by atoms with Crippen LogP contribution < -0.4 is 5.32 Å². The van der Waals surface area contributed by atoms with E-state index >= 15 is 0 Å². The van der Waals surface area contributed by atoms with Crippen LogP contribution >= 0.6 is 0 Å². The average Bonchev–Trinajstić information content (AvgIpc) is 2.23. The SMILES string of the molecule is CC(C)(C)OC(=O)N1CC(Nc2c(F)cccc2F)C1. The van der Waals surface area contributed by atoms with Gasteiger partial charge in [-0.05, 0) is 32.9 Å². The number of likely N-dealkylation sites (tertiary alicyclic amines) is 1. The molecule has 2 rings (SSSR count). The highest BCUT2D eigenvalue weighted by Gasteiger charge is 2.34. The van der Waals surface area contributed by atoms with Gasteiger partial charge < -0.3 is 15.0 Å². The number of nitrogens with one attached hydrogen (secondary N) is 1. The lowest BCUT2D eigenvalue weighted by Gasteiger charge is -2.40. The van der Waals surface area contributed by atoms with Gasteiger partial charge in [0, 0.05) is 13.1 Å². The number of halogens is 2. The summed E-state index contributed by atoms with van der Waals surface area (Å²) in [6, 6.07) is 3.52. The Hall–Kier alpha value is -1.85. The number of para-hydroxylation sites is 1. The Morgan fingerprint density at radius 1 is 1.30 bits per heavy atom. The molecule has 4 nitrogen and oxygen atoms in total. The van der Waals surface area contributed by atoms with Crippen molar-refractivity contribution in [3.63, 3.8) is 0 Å². The number of amides is 1. The van der Waals surface area contributed by atoms with Crippen LogP contribution in [0.1, 0.15) is 20.8 Å². The Morgan fingerprint density at radius 3 is 2.35 bits per heavy atom. The summed E-state index contributed by atoms with van der Waals surface area (Å²) < 4.78 is 32.1. The predicted octanol–water partition coefficient (Wildman–Crippen LogP) is 3.00. The smallest absolute Gasteiger partial charge is 0.410 e. The van der Waals surface area contributed by atoms with Gasteiger partial charge >= 0.3 is 6.09 Å². The molecule has 1 N–H and O–H groups in total. The lowest BCUT2D eigenvalue weighted by Crippen LogP contribution is -2.58. The summed E-state index contributed by atoms with van der Waals surface area (Å²) in [6.07, 6.45) is -0.412. The molecule has 0 saturated carbocycles. The Kier molecular flexibility index (Phi) is 3.83. The van der Waals surface area contributed by atoms with Gasteiger partial charge in [-0.15, -0.1) is 0 Å². The zero-order valence-corrected chi connectivity index (χ0v) is 11.7. The van der Waals surface area contributed by atoms with Crippen LogP contribution in [0.3, 0.4) is 0 Å². The topological polar surface area (TPSA) is 41.6 Å². The van der Waals surface area contributed by atoms with Crippen LogP contribution in [-0.2, 0) is 4.74 Å². The number of anilines is 1. The van der Waals surface area contributed by atoms with Crippen molar-refractivity contribution < 1.29 is 18.3 Å². The standard InChI is InChI=1S/C14H18F2N2O2/c1-14(2,3)20-13(19)18-7-9(8-18)17-12-10(15)5-4-6-11(12)16/h4-6,9,17H,7-8H2,1-3H3. The van der Waals surface area contributed by atoms with E-state index in [2.05, 4.69) is 5.32 Å². The van der Waals surface area contributed by atoms with E-state index in [1.807, 2.05) is 0 Å². The monoisotopic (exact) mass is 284 g/mol. The molecule has 1 saturated heterocycles. The highest BCUT2D eigenvalue weighted by atomic mass is 19.1. The lowest BCUT2D eigenvalue weighted by molar-refractivity contribution is 0.0104. The van der Waals surface area contributed by atoms with Crippen LogP contribution in [0.15, 0.2) is 18.2 Å². The number of carbonyl (C=O) groups is 1. The number of hydrogen-bond acceptors (Lipinski definition) is 3. The third-order valence-electron chi connectivity index (χ3n) is 2.84. The Balaban J connectivity index is 1.87. The van der Waals surface area contributed by atoms with Crippen molar-refractivity contribution in [3.8, 4) is 0 Å². The van der Waals surface area contributed by atoms with E-state index in [1.165, 1.54) is 23.1 Å². The summed E-state index contributed by atoms with van der Waals surface area (Å²) in [4.78, 5) is 13.2. The summed E-state index contributed by atoms with van der Waals surface area (Å²) in [6.45, 7) is 6.09. The first-order valence-corrected chi connectivity index (χ1v) is 6.45. The van der Waals surface area contributed by atoms with Crippen molar-refractivity contribution in [2.75, 3.05) is 18.4 Å². The van der Waals surface area contributed by atoms with Gasteiger partial charge in [-0.25, -0.2) is 13.6 Å². The second-order valence-electron chi connectivity index (χ2n) is 5.82. The van der Waals surface area contributed by atoms with Gasteiger partial charge in [0.05, 0.1) is 6.04 Å². The lowest BCUT2D eigenvalue weighted by atomic mass is 10.1. The molecule has 0 unspecified atom stereocenters. The molecule has 20 heavy (non-hydrogen) atoms. The number of ether oxygens (including phenoxy) is 1. The zero-order chi connectivity index (χ0) is 14.9. The molecular weight excluding hydrogens is 266 g/mol. The number of rotatable bonds is 2. The van der Waals surface area contributed by atoms with Crippen LogP contribution in [-0.4, -0.2) is 35.7 Å². The van der Waals surface area contributed by atoms with Crippen LogP contribution in [0.2, 0.25) is 0 Å². The minimum atomic E-state index is -0.638. The van der Waals surface area contributed by atoms with Crippen molar-refractivity contribution in [1.82, 2.24) is 4.90 Å². The highest BCUT2D eigenvalue weighted by Crippen LogP contribution is 2.23. The van der Waals surface area contributed by atoms with Gasteiger partial charge in [0.2, 0.25) is 0 Å². The molecule has 6 heteroatoms. The fraction of sp³-hybridized carbons (Fsp3) is 0.500. The van der Waals surface area contributed by atoms with Gasteiger partial charge in [-0.1, -0.05) is 6.07 Å². The van der Waals surface area contributed by atoms with Crippen molar-refractivity contribution >= 4 is 11.8 Å². The van der Waals surface area contributed by atoms with Gasteiger partial charge in [0.1, 0.15) is 22.9 Å². The third-order valence-corrected chi connectivity index (χ3v) is 2.84. The molecule has 0 aromatic heterocycles. The Morgan fingerprint density at radius 2 is 1.85 bits per heavy atom. The fourth-order valence-electron chi connectivity index (χ4n) is 1.89. The summed E-state index contributed by atoms with van der Waals surface area (Å²) in [5.41, 5.74) is -0.700. The Labute approximate surface area is 116 Å². The largest absolute Gasteiger partial charge is 0.444 e. The molecule has 1 amide bonds. The first-order chi connectivity index (χ1) is 9.26. The van der Waals surface area contributed by atoms with E-state index in [9.17, 15) is 13.6 Å². The third kappa shape index (κ3) is 3.37. The molecular formula is C14H18F2N2O2. The van der Waals surface area contributed by atoms with Gasteiger partial charge in [-0.2, -0.15) is 0 Å². The molecule has 0 atom stereocenters. The summed E-state index contributed by atoms with van der Waals surface area (Å²) in [7, 11) is 0. The molecule has 1 aliphatic heterocycles. The average molecular weight is 284 g/mol. The minimum absolute atomic E-state index is 0.152. The van der Waals surface area contributed by atoms with E-state index in [0.29, 0.717) is 13.1 Å². The molecule has 0 aliphatic carbocycles. The summed E-state index contributed by atoms with van der Waals surface area (Å²) in [5.74, 6) is -1.28. The molecule has 1 fully saturated rings. The second kappa shape index (κ2) is 5.26.